The van der Waals surface area contributed by atoms with Gasteiger partial charge in [-0.05, 0) is 18.9 Å². The molecular formula is C23H37N5. The SMILES string of the molecule is CC(C)(C)c1cc(C(C)(C)CCC(C)(C)c2ncnc(C(C)(C)C)n2)ncn1. The minimum Gasteiger partial charge on any atom is -0.241 e. The van der Waals surface area contributed by atoms with Crippen LogP contribution in [-0.2, 0) is 21.7 Å². The van der Waals surface area contributed by atoms with Crippen LogP contribution in [0.25, 0.3) is 0 Å². The molecule has 0 aliphatic rings. The lowest BCUT2D eigenvalue weighted by Crippen LogP contribution is -2.29. The summed E-state index contributed by atoms with van der Waals surface area (Å²) in [5.41, 5.74) is 1.91. The van der Waals surface area contributed by atoms with E-state index in [-0.39, 0.29) is 21.7 Å². The lowest BCUT2D eigenvalue weighted by molar-refractivity contribution is 0.352. The molecule has 28 heavy (non-hydrogen) atoms. The van der Waals surface area contributed by atoms with E-state index in [1.54, 1.807) is 12.7 Å². The van der Waals surface area contributed by atoms with Gasteiger partial charge in [-0.15, -0.1) is 0 Å². The van der Waals surface area contributed by atoms with Crippen LogP contribution in [0.3, 0.4) is 0 Å². The highest BCUT2D eigenvalue weighted by molar-refractivity contribution is 5.22. The van der Waals surface area contributed by atoms with Crippen molar-refractivity contribution in [2.75, 3.05) is 0 Å². The van der Waals surface area contributed by atoms with Gasteiger partial charge in [0.25, 0.3) is 0 Å². The predicted molar refractivity (Wildman–Crippen MR) is 115 cm³/mol. The topological polar surface area (TPSA) is 64.5 Å². The van der Waals surface area contributed by atoms with Gasteiger partial charge >= 0.3 is 0 Å². The van der Waals surface area contributed by atoms with Gasteiger partial charge in [0.2, 0.25) is 0 Å². The third-order valence-corrected chi connectivity index (χ3v) is 5.35. The molecule has 0 aliphatic carbocycles. The number of hydrogen-bond acceptors (Lipinski definition) is 5. The maximum Gasteiger partial charge on any atom is 0.137 e. The first-order valence-electron chi connectivity index (χ1n) is 10.2. The Hall–Kier alpha value is -1.91. The van der Waals surface area contributed by atoms with Crippen LogP contribution >= 0.6 is 0 Å². The summed E-state index contributed by atoms with van der Waals surface area (Å²) in [7, 11) is 0. The summed E-state index contributed by atoms with van der Waals surface area (Å²) in [6.45, 7) is 21.9. The first kappa shape index (κ1) is 22.4. The molecule has 0 atom stereocenters. The maximum absolute atomic E-state index is 4.79. The fourth-order valence-electron chi connectivity index (χ4n) is 2.99. The summed E-state index contributed by atoms with van der Waals surface area (Å²) in [4.78, 5) is 22.7. The smallest absolute Gasteiger partial charge is 0.137 e. The van der Waals surface area contributed by atoms with Gasteiger partial charge in [0.05, 0.1) is 0 Å². The number of nitrogens with zero attached hydrogens (tertiary/aromatic N) is 5. The Morgan fingerprint density at radius 2 is 1.07 bits per heavy atom. The van der Waals surface area contributed by atoms with Gasteiger partial charge in [-0.25, -0.2) is 24.9 Å². The molecule has 2 aromatic heterocycles. The zero-order valence-corrected chi connectivity index (χ0v) is 19.4. The minimum absolute atomic E-state index is 0.0152. The van der Waals surface area contributed by atoms with Crippen molar-refractivity contribution in [3.63, 3.8) is 0 Å². The average Bonchev–Trinajstić information content (AvgIpc) is 2.59. The van der Waals surface area contributed by atoms with E-state index in [4.69, 9.17) is 4.98 Å². The van der Waals surface area contributed by atoms with Crippen LogP contribution < -0.4 is 0 Å². The van der Waals surface area contributed by atoms with Crippen LogP contribution in [0, 0.1) is 0 Å². The molecule has 2 aromatic rings. The van der Waals surface area contributed by atoms with Gasteiger partial charge in [-0.1, -0.05) is 69.2 Å². The fourth-order valence-corrected chi connectivity index (χ4v) is 2.99. The van der Waals surface area contributed by atoms with E-state index in [0.29, 0.717) is 0 Å². The molecular weight excluding hydrogens is 346 g/mol. The lowest BCUT2D eigenvalue weighted by Gasteiger charge is -2.31. The van der Waals surface area contributed by atoms with Gasteiger partial charge in [0, 0.05) is 33.0 Å². The number of aromatic nitrogens is 5. The van der Waals surface area contributed by atoms with Gasteiger partial charge in [0.15, 0.2) is 0 Å². The second-order valence-electron chi connectivity index (χ2n) is 11.2. The van der Waals surface area contributed by atoms with Crippen molar-refractivity contribution in [1.82, 2.24) is 24.9 Å². The van der Waals surface area contributed by atoms with Crippen molar-refractivity contribution in [3.05, 3.63) is 41.8 Å². The van der Waals surface area contributed by atoms with Gasteiger partial charge in [0.1, 0.15) is 24.3 Å². The lowest BCUT2D eigenvalue weighted by atomic mass is 9.76. The Labute approximate surface area is 170 Å². The van der Waals surface area contributed by atoms with Crippen molar-refractivity contribution in [2.45, 2.75) is 104 Å². The molecule has 5 nitrogen and oxygen atoms in total. The molecule has 0 aromatic carbocycles. The summed E-state index contributed by atoms with van der Waals surface area (Å²) in [5.74, 6) is 1.71. The molecule has 0 unspecified atom stereocenters. The molecule has 0 N–H and O–H groups in total. The molecule has 0 saturated heterocycles. The van der Waals surface area contributed by atoms with Crippen molar-refractivity contribution >= 4 is 0 Å². The van der Waals surface area contributed by atoms with E-state index in [1.807, 2.05) is 0 Å². The van der Waals surface area contributed by atoms with Crippen molar-refractivity contribution < 1.29 is 0 Å². The van der Waals surface area contributed by atoms with Crippen LogP contribution in [0.1, 0.15) is 105 Å². The van der Waals surface area contributed by atoms with E-state index in [2.05, 4.69) is 95.2 Å². The monoisotopic (exact) mass is 383 g/mol. The van der Waals surface area contributed by atoms with Crippen molar-refractivity contribution in [2.24, 2.45) is 0 Å². The molecule has 154 valence electrons. The zero-order chi connectivity index (χ0) is 21.4. The highest BCUT2D eigenvalue weighted by Gasteiger charge is 2.32. The number of hydrogen-bond donors (Lipinski definition) is 0. The first-order chi connectivity index (χ1) is 12.6. The number of rotatable bonds is 5. The molecule has 0 radical (unpaired) electrons. The van der Waals surface area contributed by atoms with E-state index in [1.165, 1.54) is 0 Å². The van der Waals surface area contributed by atoms with Crippen LogP contribution in [0.2, 0.25) is 0 Å². The van der Waals surface area contributed by atoms with Crippen LogP contribution in [0.15, 0.2) is 18.7 Å². The zero-order valence-electron chi connectivity index (χ0n) is 19.4. The van der Waals surface area contributed by atoms with E-state index >= 15 is 0 Å². The highest BCUT2D eigenvalue weighted by Crippen LogP contribution is 2.35. The van der Waals surface area contributed by atoms with Crippen molar-refractivity contribution in [3.8, 4) is 0 Å². The fraction of sp³-hybridized carbons (Fsp3) is 0.696. The van der Waals surface area contributed by atoms with Crippen LogP contribution in [-0.4, -0.2) is 24.9 Å². The molecule has 2 heterocycles. The Morgan fingerprint density at radius 3 is 1.64 bits per heavy atom. The summed E-state index contributed by atoms with van der Waals surface area (Å²) in [6.07, 6.45) is 5.29. The molecule has 0 amide bonds. The van der Waals surface area contributed by atoms with Gasteiger partial charge < -0.3 is 0 Å². The predicted octanol–water partition coefficient (Wildman–Crippen LogP) is 5.29. The second-order valence-corrected chi connectivity index (χ2v) is 11.2. The van der Waals surface area contributed by atoms with E-state index < -0.39 is 0 Å². The maximum atomic E-state index is 4.79. The Balaban J connectivity index is 2.22. The molecule has 5 heteroatoms. The standard InChI is InChI=1S/C23H37N5/c1-20(2,3)16-13-17(25-14-24-16)22(7,8)11-12-23(9,10)19-27-15-26-18(28-19)21(4,5)6/h13-15H,11-12H2,1-10H3. The molecule has 2 rings (SSSR count). The largest absolute Gasteiger partial charge is 0.241 e. The Morgan fingerprint density at radius 1 is 0.571 bits per heavy atom. The molecule has 0 aliphatic heterocycles. The average molecular weight is 384 g/mol. The molecule has 0 fully saturated rings. The quantitative estimate of drug-likeness (QED) is 0.701. The summed E-state index contributed by atoms with van der Waals surface area (Å²) < 4.78 is 0. The Kier molecular flexibility index (Phi) is 5.99. The van der Waals surface area contributed by atoms with Gasteiger partial charge in [-0.2, -0.15) is 0 Å². The summed E-state index contributed by atoms with van der Waals surface area (Å²) in [5, 5.41) is 0. The van der Waals surface area contributed by atoms with Gasteiger partial charge in [-0.3, -0.25) is 0 Å². The molecule has 0 bridgehead atoms. The minimum atomic E-state index is -0.139. The second kappa shape index (κ2) is 7.49. The van der Waals surface area contributed by atoms with Crippen LogP contribution in [0.4, 0.5) is 0 Å². The third-order valence-electron chi connectivity index (χ3n) is 5.35. The van der Waals surface area contributed by atoms with Crippen molar-refractivity contribution in [1.29, 1.82) is 0 Å². The molecule has 0 spiro atoms. The third kappa shape index (κ3) is 5.33. The summed E-state index contributed by atoms with van der Waals surface area (Å²) >= 11 is 0. The normalized spacial score (nSPS) is 13.6. The highest BCUT2D eigenvalue weighted by atomic mass is 15.0. The van der Waals surface area contributed by atoms with E-state index in [0.717, 1.165) is 35.9 Å². The Bertz CT molecular complexity index is 741. The summed E-state index contributed by atoms with van der Waals surface area (Å²) in [6, 6.07) is 2.16. The first-order valence-corrected chi connectivity index (χ1v) is 10.2. The molecule has 0 saturated carbocycles. The van der Waals surface area contributed by atoms with Crippen LogP contribution in [0.5, 0.6) is 0 Å². The van der Waals surface area contributed by atoms with E-state index in [9.17, 15) is 0 Å².